The van der Waals surface area contributed by atoms with Gasteiger partial charge in [0.2, 0.25) is 0 Å². The third-order valence-electron chi connectivity index (χ3n) is 8.33. The molecule has 0 spiro atoms. The van der Waals surface area contributed by atoms with E-state index >= 15 is 0 Å². The molecule has 0 heterocycles. The third kappa shape index (κ3) is 10.9. The zero-order valence-electron chi connectivity index (χ0n) is 29.5. The van der Waals surface area contributed by atoms with E-state index in [0.717, 1.165) is 9.52 Å². The molecule has 0 atom stereocenters. The quantitative estimate of drug-likeness (QED) is 0.122. The van der Waals surface area contributed by atoms with Crippen LogP contribution in [0.15, 0.2) is 206 Å². The first-order valence-corrected chi connectivity index (χ1v) is 19.2. The Morgan fingerprint density at radius 2 is 0.538 bits per heavy atom. The molecule has 0 aliphatic rings. The van der Waals surface area contributed by atoms with Gasteiger partial charge in [0.1, 0.15) is 0 Å². The molecule has 0 bridgehead atoms. The molecule has 0 aromatic heterocycles. The van der Waals surface area contributed by atoms with Crippen LogP contribution in [0.1, 0.15) is 0 Å². The number of benzene rings is 6. The van der Waals surface area contributed by atoms with E-state index in [2.05, 4.69) is 219 Å². The first kappa shape index (κ1) is 42.1. The van der Waals surface area contributed by atoms with Crippen LogP contribution in [-0.4, -0.2) is 9.52 Å². The molecule has 0 aliphatic carbocycles. The van der Waals surface area contributed by atoms with Gasteiger partial charge in [-0.05, 0) is 0 Å². The van der Waals surface area contributed by atoms with E-state index in [9.17, 15) is 0 Å². The predicted molar refractivity (Wildman–Crippen MR) is 216 cm³/mol. The normalized spacial score (nSPS) is 9.73. The second-order valence-corrected chi connectivity index (χ2v) is 13.1. The van der Waals surface area contributed by atoms with Crippen LogP contribution in [0.4, 0.5) is 0 Å². The van der Waals surface area contributed by atoms with Crippen molar-refractivity contribution in [3.05, 3.63) is 206 Å². The van der Waals surface area contributed by atoms with Crippen LogP contribution in [0.3, 0.4) is 0 Å². The van der Waals surface area contributed by atoms with Crippen molar-refractivity contribution in [2.75, 3.05) is 0 Å². The van der Waals surface area contributed by atoms with Crippen molar-refractivity contribution in [1.29, 1.82) is 0 Å². The summed E-state index contributed by atoms with van der Waals surface area (Å²) in [6, 6.07) is 72.8. The molecular formula is C48H41Cl2SiZr. The van der Waals surface area contributed by atoms with Crippen LogP contribution in [-0.2, 0) is 26.2 Å². The Morgan fingerprint density at radius 3 is 0.788 bits per heavy atom. The minimum Gasteiger partial charge on any atom is -1.00 e. The molecule has 8 rings (SSSR count). The molecule has 8 aromatic carbocycles. The van der Waals surface area contributed by atoms with Gasteiger partial charge < -0.3 is 24.8 Å². The Balaban J connectivity index is 0.000000248. The van der Waals surface area contributed by atoms with Crippen molar-refractivity contribution >= 4 is 9.52 Å². The second-order valence-electron chi connectivity index (χ2n) is 11.9. The maximum absolute atomic E-state index is 2.30. The van der Waals surface area contributed by atoms with E-state index in [0.29, 0.717) is 0 Å². The first-order chi connectivity index (χ1) is 24.2. The second kappa shape index (κ2) is 21.9. The molecule has 0 amide bonds. The van der Waals surface area contributed by atoms with Crippen LogP contribution >= 0.6 is 0 Å². The average molecular weight is 808 g/mol. The zero-order valence-corrected chi connectivity index (χ0v) is 34.6. The van der Waals surface area contributed by atoms with E-state index in [1.54, 1.807) is 0 Å². The van der Waals surface area contributed by atoms with Gasteiger partial charge in [0.05, 0.1) is 0 Å². The Kier molecular flexibility index (Phi) is 17.8. The minimum atomic E-state index is 0. The smallest absolute Gasteiger partial charge is 1.00 e. The summed E-state index contributed by atoms with van der Waals surface area (Å²) >= 11 is 0. The molecule has 0 saturated heterocycles. The van der Waals surface area contributed by atoms with Crippen molar-refractivity contribution in [2.24, 2.45) is 0 Å². The van der Waals surface area contributed by atoms with Crippen LogP contribution in [0.5, 0.6) is 0 Å². The summed E-state index contributed by atoms with van der Waals surface area (Å²) < 4.78 is 0. The molecule has 0 saturated carbocycles. The molecule has 255 valence electrons. The van der Waals surface area contributed by atoms with Crippen LogP contribution in [0.25, 0.3) is 66.8 Å². The van der Waals surface area contributed by atoms with E-state index in [-0.39, 0.29) is 51.0 Å². The van der Waals surface area contributed by atoms with Gasteiger partial charge in [-0.2, -0.15) is 0 Å². The molecule has 0 N–H and O–H groups in total. The van der Waals surface area contributed by atoms with Gasteiger partial charge >= 0.3 is 26.2 Å². The van der Waals surface area contributed by atoms with Gasteiger partial charge in [-0.15, -0.1) is 57.6 Å². The van der Waals surface area contributed by atoms with E-state index in [1.807, 2.05) is 0 Å². The van der Waals surface area contributed by atoms with Gasteiger partial charge in [-0.3, -0.25) is 0 Å². The van der Waals surface area contributed by atoms with Crippen LogP contribution < -0.4 is 24.8 Å². The van der Waals surface area contributed by atoms with Crippen LogP contribution in [0, 0.1) is 0 Å². The Morgan fingerprint density at radius 1 is 0.327 bits per heavy atom. The number of rotatable bonds is 6. The van der Waals surface area contributed by atoms with Crippen molar-refractivity contribution in [3.8, 4) is 66.8 Å². The standard InChI is InChI=1S/2C23H17.C2H7Si.2ClH.Zr/c2*1-4-10-18(11-5-1)21-16-22(19-12-6-2-7-13-19)23(17-21)20-14-8-3-9-15-20;1-3-2;;;/h2*1-17H;3H,1-2H3;2*1H;/q2*-1;;;;+4/p-2. The minimum absolute atomic E-state index is 0. The Labute approximate surface area is 344 Å². The largest absolute Gasteiger partial charge is 4.00 e. The molecule has 8 aromatic rings. The van der Waals surface area contributed by atoms with Gasteiger partial charge in [0, 0.05) is 9.52 Å². The topological polar surface area (TPSA) is 0 Å². The summed E-state index contributed by atoms with van der Waals surface area (Å²) in [5, 5.41) is 0. The molecule has 0 unspecified atom stereocenters. The van der Waals surface area contributed by atoms with E-state index in [4.69, 9.17) is 0 Å². The molecule has 52 heavy (non-hydrogen) atoms. The fourth-order valence-electron chi connectivity index (χ4n) is 6.04. The number of hydrogen-bond donors (Lipinski definition) is 0. The SMILES string of the molecule is C[SiH]C.[Cl-].[Cl-].[Zr+4].c1ccc(-c2cc(-c3ccccc3)c(-c3ccccc3)[cH-]2)cc1.c1ccc(-c2cc(-c3ccccc3)c(-c3ccccc3)[cH-]2)cc1. The number of halogens is 2. The molecule has 0 fully saturated rings. The predicted octanol–water partition coefficient (Wildman–Crippen LogP) is 7.34. The van der Waals surface area contributed by atoms with E-state index < -0.39 is 0 Å². The van der Waals surface area contributed by atoms with Crippen LogP contribution in [0.2, 0.25) is 13.1 Å². The van der Waals surface area contributed by atoms with E-state index in [1.165, 1.54) is 66.8 Å². The van der Waals surface area contributed by atoms with Gasteiger partial charge in [-0.1, -0.05) is 228 Å². The molecule has 4 heteroatoms. The fraction of sp³-hybridized carbons (Fsp3) is 0.0417. The summed E-state index contributed by atoms with van der Waals surface area (Å²) in [4.78, 5) is 0. The summed E-state index contributed by atoms with van der Waals surface area (Å²) in [5.74, 6) is 0. The van der Waals surface area contributed by atoms with Crippen molar-refractivity contribution in [2.45, 2.75) is 13.1 Å². The Hall–Kier alpha value is -4.30. The Bertz CT molecular complexity index is 1860. The van der Waals surface area contributed by atoms with Gasteiger partial charge in [0.15, 0.2) is 0 Å². The third-order valence-corrected chi connectivity index (χ3v) is 8.33. The fourth-order valence-corrected chi connectivity index (χ4v) is 6.04. The molecular weight excluding hydrogens is 767 g/mol. The summed E-state index contributed by atoms with van der Waals surface area (Å²) in [7, 11) is 0.750. The monoisotopic (exact) mass is 805 g/mol. The molecule has 0 aliphatic heterocycles. The average Bonchev–Trinajstić information content (AvgIpc) is 3.84. The molecule has 0 nitrogen and oxygen atoms in total. The summed E-state index contributed by atoms with van der Waals surface area (Å²) in [6.07, 6.45) is 0. The maximum Gasteiger partial charge on any atom is 4.00 e. The maximum atomic E-state index is 2.30. The van der Waals surface area contributed by atoms with Crippen molar-refractivity contribution in [1.82, 2.24) is 0 Å². The van der Waals surface area contributed by atoms with Gasteiger partial charge in [-0.25, -0.2) is 0 Å². The zero-order chi connectivity index (χ0) is 33.7. The summed E-state index contributed by atoms with van der Waals surface area (Å²) in [6.45, 7) is 4.42. The van der Waals surface area contributed by atoms with Crippen molar-refractivity contribution in [3.63, 3.8) is 0 Å². The molecule has 1 radical (unpaired) electrons. The van der Waals surface area contributed by atoms with Crippen molar-refractivity contribution < 1.29 is 51.0 Å². The number of hydrogen-bond acceptors (Lipinski definition) is 0. The first-order valence-electron chi connectivity index (χ1n) is 16.9. The summed E-state index contributed by atoms with van der Waals surface area (Å²) in [5.41, 5.74) is 15.2. The van der Waals surface area contributed by atoms with Gasteiger partial charge in [0.25, 0.3) is 0 Å².